The smallest absolute Gasteiger partial charge is 0.326 e. The third-order valence-electron chi connectivity index (χ3n) is 3.15. The van der Waals surface area contributed by atoms with Crippen LogP contribution in [0.4, 0.5) is 14.5 Å². The molecule has 7 heteroatoms. The number of para-hydroxylation sites is 2. The minimum atomic E-state index is -3.35. The second kappa shape index (κ2) is 5.18. The lowest BCUT2D eigenvalue weighted by atomic mass is 10.1. The molecule has 1 aromatic heterocycles. The van der Waals surface area contributed by atoms with Crippen LogP contribution in [0.15, 0.2) is 52.9 Å². The zero-order valence-corrected chi connectivity index (χ0v) is 11.2. The molecular weight excluding hydrogens is 294 g/mol. The van der Waals surface area contributed by atoms with Crippen molar-refractivity contribution in [3.63, 3.8) is 0 Å². The molecule has 0 aliphatic rings. The third-order valence-corrected chi connectivity index (χ3v) is 3.15. The number of hydrogen-bond donors (Lipinski definition) is 0. The van der Waals surface area contributed by atoms with Crippen molar-refractivity contribution in [3.8, 4) is 0 Å². The highest BCUT2D eigenvalue weighted by atomic mass is 19.3. The highest BCUT2D eigenvalue weighted by molar-refractivity contribution is 5.72. The zero-order chi connectivity index (χ0) is 15.7. The fourth-order valence-corrected chi connectivity index (χ4v) is 2.14. The fraction of sp³-hybridized carbons (Fsp3) is 0.133. The molecule has 5 nitrogen and oxygen atoms in total. The summed E-state index contributed by atoms with van der Waals surface area (Å²) in [4.78, 5) is 13.9. The Balaban J connectivity index is 1.92. The molecule has 0 unspecified atom stereocenters. The van der Waals surface area contributed by atoms with Crippen molar-refractivity contribution in [1.29, 1.82) is 0 Å². The monoisotopic (exact) mass is 304 g/mol. The Hall–Kier alpha value is -2.83. The number of aromatic nitrogens is 1. The number of oxazole rings is 1. The first kappa shape index (κ1) is 14.1. The quantitative estimate of drug-likeness (QED) is 0.538. The van der Waals surface area contributed by atoms with Gasteiger partial charge in [-0.25, -0.2) is 4.98 Å². The van der Waals surface area contributed by atoms with Crippen molar-refractivity contribution in [2.75, 3.05) is 0 Å². The molecule has 3 aromatic rings. The SMILES string of the molecule is O=[N+]([O-])c1cccc(CC(F)(F)c2nc3ccccc3o2)c1. The molecule has 0 saturated heterocycles. The fourth-order valence-electron chi connectivity index (χ4n) is 2.14. The highest BCUT2D eigenvalue weighted by Gasteiger charge is 2.38. The van der Waals surface area contributed by atoms with Crippen molar-refractivity contribution >= 4 is 16.8 Å². The van der Waals surface area contributed by atoms with E-state index in [0.717, 1.165) is 6.07 Å². The molecule has 0 bridgehead atoms. The second-order valence-electron chi connectivity index (χ2n) is 4.79. The van der Waals surface area contributed by atoms with Gasteiger partial charge in [0.15, 0.2) is 5.58 Å². The minimum Gasteiger partial charge on any atom is -0.435 e. The maximum absolute atomic E-state index is 14.3. The van der Waals surface area contributed by atoms with Gasteiger partial charge in [0.1, 0.15) is 5.52 Å². The Labute approximate surface area is 123 Å². The second-order valence-corrected chi connectivity index (χ2v) is 4.79. The zero-order valence-electron chi connectivity index (χ0n) is 11.2. The summed E-state index contributed by atoms with van der Waals surface area (Å²) in [7, 11) is 0. The number of halogens is 2. The summed E-state index contributed by atoms with van der Waals surface area (Å²) < 4.78 is 33.7. The number of nitrogens with zero attached hydrogens (tertiary/aromatic N) is 2. The molecule has 0 aliphatic carbocycles. The molecular formula is C15H10F2N2O3. The van der Waals surface area contributed by atoms with Crippen LogP contribution in [0.5, 0.6) is 0 Å². The van der Waals surface area contributed by atoms with Crippen LogP contribution in [0, 0.1) is 10.1 Å². The van der Waals surface area contributed by atoms with Crippen molar-refractivity contribution in [1.82, 2.24) is 4.98 Å². The summed E-state index contributed by atoms with van der Waals surface area (Å²) in [6, 6.07) is 11.6. The molecule has 2 aromatic carbocycles. The van der Waals surface area contributed by atoms with Gasteiger partial charge in [-0.05, 0) is 17.7 Å². The van der Waals surface area contributed by atoms with E-state index in [1.807, 2.05) is 0 Å². The standard InChI is InChI=1S/C15H10F2N2O3/c16-15(17,9-10-4-3-5-11(8-10)19(20)21)14-18-12-6-1-2-7-13(12)22-14/h1-8H,9H2. The molecule has 3 rings (SSSR count). The van der Waals surface area contributed by atoms with Crippen molar-refractivity contribution in [2.24, 2.45) is 0 Å². The Kier molecular flexibility index (Phi) is 3.32. The predicted octanol–water partition coefficient (Wildman–Crippen LogP) is 4.07. The van der Waals surface area contributed by atoms with Gasteiger partial charge in [-0.3, -0.25) is 10.1 Å². The van der Waals surface area contributed by atoms with Gasteiger partial charge in [0.25, 0.3) is 11.6 Å². The molecule has 0 atom stereocenters. The number of benzene rings is 2. The van der Waals surface area contributed by atoms with E-state index in [4.69, 9.17) is 4.42 Å². The molecule has 0 aliphatic heterocycles. The summed E-state index contributed by atoms with van der Waals surface area (Å²) in [6.45, 7) is 0. The van der Waals surface area contributed by atoms with Gasteiger partial charge in [-0.2, -0.15) is 8.78 Å². The van der Waals surface area contributed by atoms with Gasteiger partial charge in [0.2, 0.25) is 0 Å². The van der Waals surface area contributed by atoms with Crippen LogP contribution >= 0.6 is 0 Å². The molecule has 0 spiro atoms. The van der Waals surface area contributed by atoms with E-state index in [9.17, 15) is 18.9 Å². The molecule has 22 heavy (non-hydrogen) atoms. The van der Waals surface area contributed by atoms with Crippen LogP contribution in [0.25, 0.3) is 11.1 Å². The molecule has 0 N–H and O–H groups in total. The number of hydrogen-bond acceptors (Lipinski definition) is 4. The summed E-state index contributed by atoms with van der Waals surface area (Å²) >= 11 is 0. The van der Waals surface area contributed by atoms with Crippen molar-refractivity contribution in [2.45, 2.75) is 12.3 Å². The van der Waals surface area contributed by atoms with Gasteiger partial charge in [0, 0.05) is 18.6 Å². The van der Waals surface area contributed by atoms with Gasteiger partial charge in [0.05, 0.1) is 4.92 Å². The van der Waals surface area contributed by atoms with Crippen LogP contribution in [0.3, 0.4) is 0 Å². The van der Waals surface area contributed by atoms with Crippen LogP contribution < -0.4 is 0 Å². The topological polar surface area (TPSA) is 69.2 Å². The highest BCUT2D eigenvalue weighted by Crippen LogP contribution is 2.34. The first-order valence-corrected chi connectivity index (χ1v) is 6.43. The maximum Gasteiger partial charge on any atom is 0.326 e. The van der Waals surface area contributed by atoms with Crippen LogP contribution in [-0.2, 0) is 12.3 Å². The lowest BCUT2D eigenvalue weighted by Crippen LogP contribution is -2.17. The number of fused-ring (bicyclic) bond motifs is 1. The van der Waals surface area contributed by atoms with Crippen LogP contribution in [-0.4, -0.2) is 9.91 Å². The number of nitro benzene ring substituents is 1. The minimum absolute atomic E-state index is 0.140. The van der Waals surface area contributed by atoms with Crippen molar-refractivity contribution < 1.29 is 18.1 Å². The van der Waals surface area contributed by atoms with Gasteiger partial charge in [-0.1, -0.05) is 24.3 Å². The normalized spacial score (nSPS) is 11.7. The van der Waals surface area contributed by atoms with Gasteiger partial charge < -0.3 is 4.42 Å². The third kappa shape index (κ3) is 2.65. The predicted molar refractivity (Wildman–Crippen MR) is 74.7 cm³/mol. The molecule has 0 radical (unpaired) electrons. The van der Waals surface area contributed by atoms with E-state index in [1.165, 1.54) is 18.2 Å². The maximum atomic E-state index is 14.3. The van der Waals surface area contributed by atoms with Crippen molar-refractivity contribution in [3.05, 3.63) is 70.1 Å². The van der Waals surface area contributed by atoms with E-state index < -0.39 is 23.2 Å². The van der Waals surface area contributed by atoms with E-state index in [2.05, 4.69) is 4.98 Å². The first-order valence-electron chi connectivity index (χ1n) is 6.43. The van der Waals surface area contributed by atoms with Crippen LogP contribution in [0.2, 0.25) is 0 Å². The number of non-ortho nitro benzene ring substituents is 1. The Morgan fingerprint density at radius 1 is 1.18 bits per heavy atom. The van der Waals surface area contributed by atoms with E-state index >= 15 is 0 Å². The number of nitro groups is 1. The summed E-state index contributed by atoms with van der Waals surface area (Å²) in [5, 5.41) is 10.7. The average Bonchev–Trinajstić information content (AvgIpc) is 2.92. The van der Waals surface area contributed by atoms with E-state index in [0.29, 0.717) is 5.52 Å². The van der Waals surface area contributed by atoms with Gasteiger partial charge in [-0.15, -0.1) is 0 Å². The Morgan fingerprint density at radius 3 is 2.68 bits per heavy atom. The molecule has 1 heterocycles. The lowest BCUT2D eigenvalue weighted by Gasteiger charge is -2.12. The number of alkyl halides is 2. The van der Waals surface area contributed by atoms with Gasteiger partial charge >= 0.3 is 5.92 Å². The Morgan fingerprint density at radius 2 is 1.95 bits per heavy atom. The molecule has 0 amide bonds. The summed E-state index contributed by atoms with van der Waals surface area (Å²) in [5.74, 6) is -4.05. The summed E-state index contributed by atoms with van der Waals surface area (Å²) in [6.07, 6.45) is -0.721. The van der Waals surface area contributed by atoms with E-state index in [-0.39, 0.29) is 16.8 Å². The molecule has 0 saturated carbocycles. The summed E-state index contributed by atoms with van der Waals surface area (Å²) in [5.41, 5.74) is 0.528. The lowest BCUT2D eigenvalue weighted by molar-refractivity contribution is -0.384. The average molecular weight is 304 g/mol. The first-order chi connectivity index (χ1) is 10.5. The van der Waals surface area contributed by atoms with E-state index in [1.54, 1.807) is 24.3 Å². The number of rotatable bonds is 4. The van der Waals surface area contributed by atoms with Crippen LogP contribution in [0.1, 0.15) is 11.5 Å². The largest absolute Gasteiger partial charge is 0.435 e. The molecule has 0 fully saturated rings. The Bertz CT molecular complexity index is 812. The molecule has 112 valence electrons.